The van der Waals surface area contributed by atoms with Gasteiger partial charge in [0.25, 0.3) is 0 Å². The van der Waals surface area contributed by atoms with E-state index in [1.54, 1.807) is 6.08 Å². The van der Waals surface area contributed by atoms with Gasteiger partial charge in [-0.1, -0.05) is 6.08 Å². The number of ether oxygens (including phenoxy) is 3. The van der Waals surface area contributed by atoms with Crippen LogP contribution in [-0.2, 0) is 19.0 Å². The minimum Gasteiger partial charge on any atom is -0.466 e. The topological polar surface area (TPSA) is 44.8 Å². The lowest BCUT2D eigenvalue weighted by atomic mass is 10.2. The summed E-state index contributed by atoms with van der Waals surface area (Å²) in [6.45, 7) is 1.16. The summed E-state index contributed by atoms with van der Waals surface area (Å²) in [7, 11) is 1.35. The largest absolute Gasteiger partial charge is 0.466 e. The van der Waals surface area contributed by atoms with Crippen LogP contribution >= 0.6 is 0 Å². The van der Waals surface area contributed by atoms with Crippen LogP contribution < -0.4 is 0 Å². The molecule has 0 saturated carbocycles. The summed E-state index contributed by atoms with van der Waals surface area (Å²) in [5, 5.41) is 0. The summed E-state index contributed by atoms with van der Waals surface area (Å²) < 4.78 is 15.1. The van der Waals surface area contributed by atoms with Gasteiger partial charge in [-0.25, -0.2) is 4.79 Å². The Morgan fingerprint density at radius 2 is 2.43 bits per heavy atom. The molecule has 4 heteroatoms. The maximum atomic E-state index is 10.7. The summed E-state index contributed by atoms with van der Waals surface area (Å²) in [5.74, 6) is -0.363. The van der Waals surface area contributed by atoms with Crippen molar-refractivity contribution < 1.29 is 19.0 Å². The van der Waals surface area contributed by atoms with Gasteiger partial charge in [0.2, 0.25) is 0 Å². The van der Waals surface area contributed by atoms with Crippen LogP contribution in [0.5, 0.6) is 0 Å². The van der Waals surface area contributed by atoms with E-state index in [1.165, 1.54) is 13.2 Å². The van der Waals surface area contributed by atoms with Gasteiger partial charge in [0.1, 0.15) is 0 Å². The monoisotopic (exact) mass is 200 g/mol. The average molecular weight is 200 g/mol. The third-order valence-electron chi connectivity index (χ3n) is 1.97. The normalized spacial score (nSPS) is 22.5. The molecule has 1 heterocycles. The number of esters is 1. The molecule has 0 spiro atoms. The SMILES string of the molecule is COC(=O)/C=C/COC1CCCCO1. The zero-order valence-electron chi connectivity index (χ0n) is 8.40. The second-order valence-electron chi connectivity index (χ2n) is 3.05. The highest BCUT2D eigenvalue weighted by atomic mass is 16.7. The highest BCUT2D eigenvalue weighted by Crippen LogP contribution is 2.13. The first kappa shape index (κ1) is 11.2. The molecule has 1 aliphatic rings. The van der Waals surface area contributed by atoms with E-state index in [0.717, 1.165) is 25.9 Å². The average Bonchev–Trinajstić information content (AvgIpc) is 2.25. The predicted octanol–water partition coefficient (Wildman–Crippen LogP) is 1.26. The zero-order chi connectivity index (χ0) is 10.2. The molecule has 0 aromatic rings. The molecule has 1 rings (SSSR count). The standard InChI is InChI=1S/C10H16O4/c1-12-9(11)5-4-8-14-10-6-2-3-7-13-10/h4-5,10H,2-3,6-8H2,1H3/b5-4+. The van der Waals surface area contributed by atoms with Gasteiger partial charge in [-0.15, -0.1) is 0 Å². The Balaban J connectivity index is 2.07. The van der Waals surface area contributed by atoms with Crippen LogP contribution in [0.25, 0.3) is 0 Å². The van der Waals surface area contributed by atoms with Crippen molar-refractivity contribution in [2.24, 2.45) is 0 Å². The van der Waals surface area contributed by atoms with Crippen LogP contribution in [0.15, 0.2) is 12.2 Å². The van der Waals surface area contributed by atoms with E-state index in [9.17, 15) is 4.79 Å². The fourth-order valence-corrected chi connectivity index (χ4v) is 1.22. The Morgan fingerprint density at radius 3 is 3.07 bits per heavy atom. The van der Waals surface area contributed by atoms with Gasteiger partial charge < -0.3 is 14.2 Å². The number of carbonyl (C=O) groups excluding carboxylic acids is 1. The van der Waals surface area contributed by atoms with Crippen molar-refractivity contribution in [1.82, 2.24) is 0 Å². The number of hydrogen-bond donors (Lipinski definition) is 0. The molecule has 0 aromatic carbocycles. The summed E-state index contributed by atoms with van der Waals surface area (Å²) in [6.07, 6.45) is 6.06. The van der Waals surface area contributed by atoms with Gasteiger partial charge in [0.15, 0.2) is 6.29 Å². The van der Waals surface area contributed by atoms with E-state index in [2.05, 4.69) is 4.74 Å². The maximum absolute atomic E-state index is 10.7. The van der Waals surface area contributed by atoms with Crippen LogP contribution in [0.4, 0.5) is 0 Å². The summed E-state index contributed by atoms with van der Waals surface area (Å²) >= 11 is 0. The Hall–Kier alpha value is -0.870. The van der Waals surface area contributed by atoms with Gasteiger partial charge in [-0.3, -0.25) is 0 Å². The van der Waals surface area contributed by atoms with Crippen molar-refractivity contribution in [3.63, 3.8) is 0 Å². The van der Waals surface area contributed by atoms with E-state index in [1.807, 2.05) is 0 Å². The summed E-state index contributed by atoms with van der Waals surface area (Å²) in [5.41, 5.74) is 0. The van der Waals surface area contributed by atoms with Crippen molar-refractivity contribution in [1.29, 1.82) is 0 Å². The van der Waals surface area contributed by atoms with Gasteiger partial charge in [0.05, 0.1) is 13.7 Å². The molecule has 1 fully saturated rings. The lowest BCUT2D eigenvalue weighted by molar-refractivity contribution is -0.155. The molecule has 1 aliphatic heterocycles. The molecule has 0 radical (unpaired) electrons. The van der Waals surface area contributed by atoms with E-state index in [4.69, 9.17) is 9.47 Å². The van der Waals surface area contributed by atoms with E-state index in [0.29, 0.717) is 6.61 Å². The molecule has 0 N–H and O–H groups in total. The molecule has 0 aromatic heterocycles. The Morgan fingerprint density at radius 1 is 1.57 bits per heavy atom. The zero-order valence-corrected chi connectivity index (χ0v) is 8.40. The molecule has 80 valence electrons. The Labute approximate surface area is 83.8 Å². The Kier molecular flexibility index (Phi) is 5.25. The van der Waals surface area contributed by atoms with Crippen LogP contribution in [-0.4, -0.2) is 32.6 Å². The number of methoxy groups -OCH3 is 1. The molecular weight excluding hydrogens is 184 g/mol. The van der Waals surface area contributed by atoms with Gasteiger partial charge in [-0.2, -0.15) is 0 Å². The quantitative estimate of drug-likeness (QED) is 0.506. The van der Waals surface area contributed by atoms with Crippen molar-refractivity contribution in [2.75, 3.05) is 20.3 Å². The fraction of sp³-hybridized carbons (Fsp3) is 0.700. The maximum Gasteiger partial charge on any atom is 0.330 e. The van der Waals surface area contributed by atoms with Crippen molar-refractivity contribution >= 4 is 5.97 Å². The number of carbonyl (C=O) groups is 1. The highest BCUT2D eigenvalue weighted by Gasteiger charge is 2.12. The van der Waals surface area contributed by atoms with Crippen LogP contribution in [0.2, 0.25) is 0 Å². The first-order chi connectivity index (χ1) is 6.83. The summed E-state index contributed by atoms with van der Waals surface area (Å²) in [6, 6.07) is 0. The molecule has 0 aliphatic carbocycles. The molecule has 1 unspecified atom stereocenters. The predicted molar refractivity (Wildman–Crippen MR) is 50.7 cm³/mol. The molecule has 1 atom stereocenters. The first-order valence-corrected chi connectivity index (χ1v) is 4.80. The lowest BCUT2D eigenvalue weighted by Crippen LogP contribution is -2.22. The van der Waals surface area contributed by atoms with Gasteiger partial charge in [0, 0.05) is 12.7 Å². The number of rotatable bonds is 4. The third-order valence-corrected chi connectivity index (χ3v) is 1.97. The summed E-state index contributed by atoms with van der Waals surface area (Å²) in [4.78, 5) is 10.7. The fourth-order valence-electron chi connectivity index (χ4n) is 1.22. The molecule has 14 heavy (non-hydrogen) atoms. The molecule has 0 amide bonds. The van der Waals surface area contributed by atoms with E-state index < -0.39 is 0 Å². The van der Waals surface area contributed by atoms with Crippen LogP contribution in [0.1, 0.15) is 19.3 Å². The molecule has 1 saturated heterocycles. The molecule has 4 nitrogen and oxygen atoms in total. The van der Waals surface area contributed by atoms with Crippen LogP contribution in [0.3, 0.4) is 0 Å². The first-order valence-electron chi connectivity index (χ1n) is 4.80. The van der Waals surface area contributed by atoms with E-state index >= 15 is 0 Å². The van der Waals surface area contributed by atoms with Crippen molar-refractivity contribution in [2.45, 2.75) is 25.6 Å². The lowest BCUT2D eigenvalue weighted by Gasteiger charge is -2.21. The minimum atomic E-state index is -0.363. The van der Waals surface area contributed by atoms with Gasteiger partial charge in [-0.05, 0) is 19.3 Å². The Bertz CT molecular complexity index is 194. The third kappa shape index (κ3) is 4.39. The van der Waals surface area contributed by atoms with Gasteiger partial charge >= 0.3 is 5.97 Å². The van der Waals surface area contributed by atoms with Crippen LogP contribution in [0, 0.1) is 0 Å². The smallest absolute Gasteiger partial charge is 0.330 e. The second-order valence-corrected chi connectivity index (χ2v) is 3.05. The van der Waals surface area contributed by atoms with Crippen molar-refractivity contribution in [3.05, 3.63) is 12.2 Å². The highest BCUT2D eigenvalue weighted by molar-refractivity contribution is 5.81. The van der Waals surface area contributed by atoms with Crippen molar-refractivity contribution in [3.8, 4) is 0 Å². The van der Waals surface area contributed by atoms with E-state index in [-0.39, 0.29) is 12.3 Å². The molecule has 0 bridgehead atoms. The second kappa shape index (κ2) is 6.56. The number of hydrogen-bond acceptors (Lipinski definition) is 4. The minimum absolute atomic E-state index is 0.106. The molecular formula is C10H16O4.